The molecule has 0 amide bonds. The van der Waals surface area contributed by atoms with Crippen molar-refractivity contribution in [1.29, 1.82) is 0 Å². The number of carbonyl (C=O) groups is 3. The lowest BCUT2D eigenvalue weighted by Gasteiger charge is -2.04. The van der Waals surface area contributed by atoms with Gasteiger partial charge in [-0.3, -0.25) is 14.4 Å². The van der Waals surface area contributed by atoms with Crippen LogP contribution in [0.15, 0.2) is 60.7 Å². The highest BCUT2D eigenvalue weighted by atomic mass is 16.4. The van der Waals surface area contributed by atoms with Crippen LogP contribution in [0.1, 0.15) is 30.4 Å². The zero-order valence-corrected chi connectivity index (χ0v) is 19.1. The molecule has 11 N–H and O–H groups in total. The van der Waals surface area contributed by atoms with Crippen LogP contribution in [0.5, 0.6) is 0 Å². The number of aliphatic carboxylic acids is 3. The van der Waals surface area contributed by atoms with Crippen molar-refractivity contribution in [3.05, 3.63) is 71.8 Å². The van der Waals surface area contributed by atoms with Crippen LogP contribution < -0.4 is 22.9 Å². The summed E-state index contributed by atoms with van der Waals surface area (Å²) in [5.74, 6) is -2.85. The minimum absolute atomic E-state index is 0.385. The second kappa shape index (κ2) is 18.2. The number of hydrogen-bond donors (Lipinski definition) is 7. The summed E-state index contributed by atoms with van der Waals surface area (Å²) in [6.45, 7) is 0.604. The van der Waals surface area contributed by atoms with Crippen LogP contribution in [0.3, 0.4) is 0 Å². The first kappa shape index (κ1) is 30.7. The Morgan fingerprint density at radius 3 is 1.26 bits per heavy atom. The van der Waals surface area contributed by atoms with Crippen LogP contribution in [-0.2, 0) is 27.2 Å². The molecule has 2 rings (SSSR count). The van der Waals surface area contributed by atoms with E-state index in [1.54, 1.807) is 0 Å². The Morgan fingerprint density at radius 1 is 0.618 bits per heavy atom. The largest absolute Gasteiger partial charge is 0.480 e. The lowest BCUT2D eigenvalue weighted by atomic mass is 10.1. The molecule has 0 fully saturated rings. The molecule has 0 heterocycles. The number of carboxylic acid groups (broad SMARTS) is 3. The predicted octanol–water partition coefficient (Wildman–Crippen LogP) is 0.809. The van der Waals surface area contributed by atoms with Crippen molar-refractivity contribution < 1.29 is 29.7 Å². The van der Waals surface area contributed by atoms with E-state index in [1.165, 1.54) is 0 Å². The average molecular weight is 477 g/mol. The van der Waals surface area contributed by atoms with Gasteiger partial charge in [0.1, 0.15) is 18.1 Å². The highest BCUT2D eigenvalue weighted by molar-refractivity contribution is 5.74. The number of rotatable bonds is 11. The third kappa shape index (κ3) is 15.5. The van der Waals surface area contributed by atoms with Crippen molar-refractivity contribution in [2.45, 2.75) is 50.2 Å². The molecule has 0 radical (unpaired) electrons. The van der Waals surface area contributed by atoms with Crippen molar-refractivity contribution in [2.24, 2.45) is 22.9 Å². The maximum absolute atomic E-state index is 10.4. The van der Waals surface area contributed by atoms with E-state index in [1.807, 2.05) is 60.7 Å². The average Bonchev–Trinajstić information content (AvgIpc) is 2.81. The van der Waals surface area contributed by atoms with Gasteiger partial charge in [-0.2, -0.15) is 0 Å². The summed E-state index contributed by atoms with van der Waals surface area (Å²) in [4.78, 5) is 30.9. The first-order chi connectivity index (χ1) is 16.1. The van der Waals surface area contributed by atoms with Gasteiger partial charge in [0, 0.05) is 0 Å². The quantitative estimate of drug-likeness (QED) is 0.226. The molecule has 3 atom stereocenters. The Balaban J connectivity index is 0.000000484. The fourth-order valence-corrected chi connectivity index (χ4v) is 2.54. The maximum atomic E-state index is 10.4. The molecule has 0 aromatic heterocycles. The second-order valence-electron chi connectivity index (χ2n) is 7.50. The van der Waals surface area contributed by atoms with Gasteiger partial charge in [0.15, 0.2) is 0 Å². The second-order valence-corrected chi connectivity index (χ2v) is 7.50. The van der Waals surface area contributed by atoms with E-state index >= 15 is 0 Å². The normalized spacial score (nSPS) is 12.6. The third-order valence-corrected chi connectivity index (χ3v) is 4.52. The Hall–Kier alpha value is -3.31. The topological polar surface area (TPSA) is 216 Å². The van der Waals surface area contributed by atoms with Crippen LogP contribution in [0.2, 0.25) is 0 Å². The Labute approximate surface area is 199 Å². The van der Waals surface area contributed by atoms with Crippen LogP contribution in [0.4, 0.5) is 0 Å². The number of hydrogen-bond acceptors (Lipinski definition) is 7. The molecule has 0 aliphatic rings. The predicted molar refractivity (Wildman–Crippen MR) is 130 cm³/mol. The van der Waals surface area contributed by atoms with Crippen molar-refractivity contribution >= 4 is 17.9 Å². The summed E-state index contributed by atoms with van der Waals surface area (Å²) in [5.41, 5.74) is 23.0. The monoisotopic (exact) mass is 476 g/mol. The molecule has 188 valence electrons. The van der Waals surface area contributed by atoms with Crippen LogP contribution in [0.25, 0.3) is 0 Å². The van der Waals surface area contributed by atoms with Gasteiger partial charge >= 0.3 is 17.9 Å². The molecular formula is C24H36N4O6. The van der Waals surface area contributed by atoms with Crippen molar-refractivity contribution in [3.63, 3.8) is 0 Å². The molecule has 2 aromatic rings. The summed E-state index contributed by atoms with van der Waals surface area (Å²) < 4.78 is 0. The van der Waals surface area contributed by atoms with E-state index in [0.29, 0.717) is 25.8 Å². The molecule has 0 saturated carbocycles. The highest BCUT2D eigenvalue weighted by Gasteiger charge is 2.12. The minimum Gasteiger partial charge on any atom is -0.480 e. The van der Waals surface area contributed by atoms with E-state index in [4.69, 9.17) is 38.3 Å². The fourth-order valence-electron chi connectivity index (χ4n) is 2.54. The highest BCUT2D eigenvalue weighted by Crippen LogP contribution is 2.02. The van der Waals surface area contributed by atoms with E-state index in [2.05, 4.69) is 0 Å². The molecule has 0 unspecified atom stereocenters. The number of unbranched alkanes of at least 4 members (excludes halogenated alkanes) is 1. The van der Waals surface area contributed by atoms with Crippen molar-refractivity contribution in [3.8, 4) is 0 Å². The van der Waals surface area contributed by atoms with Gasteiger partial charge in [-0.05, 0) is 43.4 Å². The summed E-state index contributed by atoms with van der Waals surface area (Å²) in [6, 6.07) is 16.4. The zero-order chi connectivity index (χ0) is 25.9. The molecule has 0 aliphatic carbocycles. The summed E-state index contributed by atoms with van der Waals surface area (Å²) in [5, 5.41) is 25.4. The van der Waals surface area contributed by atoms with Crippen molar-refractivity contribution in [1.82, 2.24) is 0 Å². The Morgan fingerprint density at radius 2 is 0.971 bits per heavy atom. The SMILES string of the molecule is NCCCC[C@@H](N)C(=O)O.N[C@H](Cc1ccccc1)C(=O)O.N[C@H](Cc1ccccc1)C(=O)O. The van der Waals surface area contributed by atoms with Gasteiger partial charge in [0.2, 0.25) is 0 Å². The van der Waals surface area contributed by atoms with Crippen LogP contribution >= 0.6 is 0 Å². The number of nitrogens with two attached hydrogens (primary N) is 4. The molecule has 0 saturated heterocycles. The fraction of sp³-hybridized carbons (Fsp3) is 0.375. The molecule has 0 aliphatic heterocycles. The number of benzene rings is 2. The van der Waals surface area contributed by atoms with E-state index < -0.39 is 36.0 Å². The zero-order valence-electron chi connectivity index (χ0n) is 19.1. The Kier molecular flexibility index (Phi) is 16.4. The van der Waals surface area contributed by atoms with Gasteiger partial charge < -0.3 is 38.3 Å². The summed E-state index contributed by atoms with van der Waals surface area (Å²) in [6.07, 6.45) is 2.93. The van der Waals surface area contributed by atoms with Gasteiger partial charge in [-0.25, -0.2) is 0 Å². The van der Waals surface area contributed by atoms with Crippen LogP contribution in [0, 0.1) is 0 Å². The third-order valence-electron chi connectivity index (χ3n) is 4.52. The van der Waals surface area contributed by atoms with E-state index in [9.17, 15) is 14.4 Å². The van der Waals surface area contributed by atoms with Crippen LogP contribution in [-0.4, -0.2) is 57.9 Å². The molecule has 34 heavy (non-hydrogen) atoms. The lowest BCUT2D eigenvalue weighted by molar-refractivity contribution is -0.139. The van der Waals surface area contributed by atoms with Gasteiger partial charge in [-0.1, -0.05) is 67.1 Å². The van der Waals surface area contributed by atoms with E-state index in [-0.39, 0.29) is 0 Å². The molecule has 0 bridgehead atoms. The van der Waals surface area contributed by atoms with Gasteiger partial charge in [0.05, 0.1) is 0 Å². The Bertz CT molecular complexity index is 778. The molecular weight excluding hydrogens is 440 g/mol. The summed E-state index contributed by atoms with van der Waals surface area (Å²) >= 11 is 0. The molecule has 10 nitrogen and oxygen atoms in total. The molecule has 0 spiro atoms. The lowest BCUT2D eigenvalue weighted by Crippen LogP contribution is -2.32. The molecule has 2 aromatic carbocycles. The summed E-state index contributed by atoms with van der Waals surface area (Å²) in [7, 11) is 0. The smallest absolute Gasteiger partial charge is 0.320 e. The first-order valence-electron chi connectivity index (χ1n) is 10.8. The van der Waals surface area contributed by atoms with Gasteiger partial charge in [0.25, 0.3) is 0 Å². The molecule has 10 heteroatoms. The van der Waals surface area contributed by atoms with E-state index in [0.717, 1.165) is 24.0 Å². The first-order valence-corrected chi connectivity index (χ1v) is 10.8. The van der Waals surface area contributed by atoms with Crippen molar-refractivity contribution in [2.75, 3.05) is 6.54 Å². The van der Waals surface area contributed by atoms with Gasteiger partial charge in [-0.15, -0.1) is 0 Å². The number of carboxylic acids is 3. The minimum atomic E-state index is -0.959. The maximum Gasteiger partial charge on any atom is 0.320 e. The standard InChI is InChI=1S/2C9H11NO2.C6H14N2O2/c2*10-8(9(11)12)6-7-4-2-1-3-5-7;7-4-2-1-3-5(8)6(9)10/h2*1-5,8H,6,10H2,(H,11,12);5H,1-4,7-8H2,(H,9,10)/t2*8-;5-/m111/s1.